The number of hydrogen-bond donors (Lipinski definition) is 3. The molecule has 1 aliphatic rings. The first-order valence-corrected chi connectivity index (χ1v) is 7.10. The minimum absolute atomic E-state index is 0.139. The number of alkyl halides is 2. The van der Waals surface area contributed by atoms with E-state index in [-0.39, 0.29) is 18.4 Å². The Bertz CT molecular complexity index is 569. The molecule has 0 spiro atoms. The van der Waals surface area contributed by atoms with Crippen LogP contribution in [0.25, 0.3) is 0 Å². The topological polar surface area (TPSA) is 78.4 Å². The SMILES string of the molecule is CCc1ccc(C(=O)NNC(=O)C(F)(F)C2(O)CCC2)cc1. The summed E-state index contributed by atoms with van der Waals surface area (Å²) >= 11 is 0. The van der Waals surface area contributed by atoms with Crippen LogP contribution in [0.15, 0.2) is 24.3 Å². The van der Waals surface area contributed by atoms with E-state index in [2.05, 4.69) is 0 Å². The van der Waals surface area contributed by atoms with Crippen molar-refractivity contribution in [2.45, 2.75) is 44.1 Å². The minimum atomic E-state index is -3.94. The molecule has 0 unspecified atom stereocenters. The maximum atomic E-state index is 13.8. The van der Waals surface area contributed by atoms with E-state index in [4.69, 9.17) is 0 Å². The van der Waals surface area contributed by atoms with Crippen LogP contribution in [0.2, 0.25) is 0 Å². The number of nitrogens with one attached hydrogen (secondary N) is 2. The minimum Gasteiger partial charge on any atom is -0.383 e. The van der Waals surface area contributed by atoms with Crippen molar-refractivity contribution < 1.29 is 23.5 Å². The molecule has 1 fully saturated rings. The van der Waals surface area contributed by atoms with E-state index in [9.17, 15) is 23.5 Å². The molecule has 0 heterocycles. The average Bonchev–Trinajstić information content (AvgIpc) is 2.49. The number of hydrogen-bond acceptors (Lipinski definition) is 3. The third-order valence-electron chi connectivity index (χ3n) is 3.96. The van der Waals surface area contributed by atoms with E-state index >= 15 is 0 Å². The van der Waals surface area contributed by atoms with Crippen molar-refractivity contribution >= 4 is 11.8 Å². The summed E-state index contributed by atoms with van der Waals surface area (Å²) < 4.78 is 27.6. The molecule has 0 bridgehead atoms. The van der Waals surface area contributed by atoms with E-state index in [1.807, 2.05) is 12.3 Å². The smallest absolute Gasteiger partial charge is 0.354 e. The molecule has 3 N–H and O–H groups in total. The van der Waals surface area contributed by atoms with Crippen molar-refractivity contribution in [3.05, 3.63) is 35.4 Å². The van der Waals surface area contributed by atoms with Crippen molar-refractivity contribution in [2.75, 3.05) is 0 Å². The zero-order chi connectivity index (χ0) is 16.4. The predicted octanol–water partition coefficient (Wildman–Crippen LogP) is 1.56. The first-order chi connectivity index (χ1) is 10.3. The molecule has 0 aliphatic heterocycles. The molecule has 2 rings (SSSR count). The van der Waals surface area contributed by atoms with E-state index in [1.54, 1.807) is 17.6 Å². The highest BCUT2D eigenvalue weighted by atomic mass is 19.3. The zero-order valence-electron chi connectivity index (χ0n) is 12.2. The van der Waals surface area contributed by atoms with E-state index in [1.165, 1.54) is 12.1 Å². The second-order valence-electron chi connectivity index (χ2n) is 5.42. The van der Waals surface area contributed by atoms with Gasteiger partial charge in [-0.3, -0.25) is 20.4 Å². The lowest BCUT2D eigenvalue weighted by molar-refractivity contribution is -0.216. The number of benzene rings is 1. The zero-order valence-corrected chi connectivity index (χ0v) is 12.2. The van der Waals surface area contributed by atoms with Crippen LogP contribution in [0.1, 0.15) is 42.1 Å². The average molecular weight is 312 g/mol. The van der Waals surface area contributed by atoms with Crippen LogP contribution in [-0.2, 0) is 11.2 Å². The summed E-state index contributed by atoms with van der Waals surface area (Å²) in [5.41, 5.74) is 2.56. The van der Waals surface area contributed by atoms with Gasteiger partial charge in [-0.2, -0.15) is 8.78 Å². The van der Waals surface area contributed by atoms with Gasteiger partial charge in [0.25, 0.3) is 5.91 Å². The molecule has 0 aromatic heterocycles. The molecule has 1 aromatic carbocycles. The standard InChI is InChI=1S/C15H18F2N2O3/c1-2-10-4-6-11(7-5-10)12(20)18-19-13(21)15(16,17)14(22)8-3-9-14/h4-7,22H,2-3,8-9H2,1H3,(H,18,20)(H,19,21). The molecule has 5 nitrogen and oxygen atoms in total. The van der Waals surface area contributed by atoms with Crippen molar-refractivity contribution in [2.24, 2.45) is 0 Å². The monoisotopic (exact) mass is 312 g/mol. The largest absolute Gasteiger partial charge is 0.383 e. The summed E-state index contributed by atoms with van der Waals surface area (Å²) in [6.45, 7) is 1.96. The third kappa shape index (κ3) is 2.94. The lowest BCUT2D eigenvalue weighted by Gasteiger charge is -2.41. The number of hydrazine groups is 1. The van der Waals surface area contributed by atoms with Gasteiger partial charge >= 0.3 is 11.8 Å². The first kappa shape index (κ1) is 16.4. The summed E-state index contributed by atoms with van der Waals surface area (Å²) in [5, 5.41) is 9.62. The second kappa shape index (κ2) is 6.00. The number of aryl methyl sites for hydroxylation is 1. The Morgan fingerprint density at radius 1 is 1.23 bits per heavy atom. The van der Waals surface area contributed by atoms with Gasteiger partial charge in [-0.15, -0.1) is 0 Å². The Morgan fingerprint density at radius 3 is 2.27 bits per heavy atom. The van der Waals surface area contributed by atoms with Gasteiger partial charge in [-0.1, -0.05) is 19.1 Å². The molecule has 1 saturated carbocycles. The van der Waals surface area contributed by atoms with Crippen LogP contribution in [0.4, 0.5) is 8.78 Å². The fraction of sp³-hybridized carbons (Fsp3) is 0.467. The summed E-state index contributed by atoms with van der Waals surface area (Å²) in [4.78, 5) is 23.3. The van der Waals surface area contributed by atoms with Gasteiger partial charge in [0.2, 0.25) is 0 Å². The Balaban J connectivity index is 1.94. The van der Waals surface area contributed by atoms with Crippen LogP contribution >= 0.6 is 0 Å². The first-order valence-electron chi connectivity index (χ1n) is 7.10. The molecule has 2 amide bonds. The number of aliphatic hydroxyl groups is 1. The molecule has 0 radical (unpaired) electrons. The van der Waals surface area contributed by atoms with Crippen LogP contribution < -0.4 is 10.9 Å². The molecule has 120 valence electrons. The van der Waals surface area contributed by atoms with Crippen LogP contribution in [-0.4, -0.2) is 28.4 Å². The van der Waals surface area contributed by atoms with E-state index < -0.39 is 23.3 Å². The van der Waals surface area contributed by atoms with Gasteiger partial charge in [0.1, 0.15) is 5.60 Å². The van der Waals surface area contributed by atoms with Crippen LogP contribution in [0.3, 0.4) is 0 Å². The lowest BCUT2D eigenvalue weighted by Crippen LogP contribution is -2.62. The van der Waals surface area contributed by atoms with Gasteiger partial charge in [0.15, 0.2) is 0 Å². The molecule has 1 aromatic rings. The Kier molecular flexibility index (Phi) is 4.46. The highest BCUT2D eigenvalue weighted by Crippen LogP contribution is 2.44. The van der Waals surface area contributed by atoms with Crippen molar-refractivity contribution in [1.82, 2.24) is 10.9 Å². The number of amides is 2. The molecular formula is C15H18F2N2O3. The van der Waals surface area contributed by atoms with E-state index in [0.717, 1.165) is 12.0 Å². The number of rotatable bonds is 4. The van der Waals surface area contributed by atoms with Crippen molar-refractivity contribution in [3.63, 3.8) is 0 Å². The quantitative estimate of drug-likeness (QED) is 0.738. The summed E-state index contributed by atoms with van der Waals surface area (Å²) in [7, 11) is 0. The summed E-state index contributed by atoms with van der Waals surface area (Å²) in [6.07, 6.45) is 0.971. The van der Waals surface area contributed by atoms with Crippen molar-refractivity contribution in [3.8, 4) is 0 Å². The van der Waals surface area contributed by atoms with E-state index in [0.29, 0.717) is 6.42 Å². The molecule has 0 atom stereocenters. The second-order valence-corrected chi connectivity index (χ2v) is 5.42. The maximum Gasteiger partial charge on any atom is 0.354 e. The number of carbonyl (C=O) groups excluding carboxylic acids is 2. The van der Waals surface area contributed by atoms with Crippen molar-refractivity contribution in [1.29, 1.82) is 0 Å². The predicted molar refractivity (Wildman–Crippen MR) is 75.2 cm³/mol. The van der Waals surface area contributed by atoms with Gasteiger partial charge < -0.3 is 5.11 Å². The summed E-state index contributed by atoms with van der Waals surface area (Å²) in [6, 6.07) is 6.56. The maximum absolute atomic E-state index is 13.8. The lowest BCUT2D eigenvalue weighted by atomic mass is 9.75. The summed E-state index contributed by atoms with van der Waals surface area (Å²) in [5.74, 6) is -6.36. The normalized spacial score (nSPS) is 16.5. The van der Waals surface area contributed by atoms with Gasteiger partial charge in [-0.25, -0.2) is 0 Å². The van der Waals surface area contributed by atoms with Gasteiger partial charge in [0, 0.05) is 5.56 Å². The number of halogens is 2. The Hall–Kier alpha value is -2.02. The Morgan fingerprint density at radius 2 is 1.82 bits per heavy atom. The highest BCUT2D eigenvalue weighted by Gasteiger charge is 2.61. The number of carbonyl (C=O) groups is 2. The third-order valence-corrected chi connectivity index (χ3v) is 3.96. The molecule has 0 saturated heterocycles. The Labute approximate surface area is 126 Å². The highest BCUT2D eigenvalue weighted by molar-refractivity contribution is 5.96. The fourth-order valence-electron chi connectivity index (χ4n) is 2.19. The molecule has 7 heteroatoms. The fourth-order valence-corrected chi connectivity index (χ4v) is 2.19. The molecule has 1 aliphatic carbocycles. The van der Waals surface area contributed by atoms with Gasteiger partial charge in [-0.05, 0) is 43.4 Å². The van der Waals surface area contributed by atoms with Crippen LogP contribution in [0, 0.1) is 0 Å². The van der Waals surface area contributed by atoms with Gasteiger partial charge in [0.05, 0.1) is 0 Å². The molecule has 22 heavy (non-hydrogen) atoms. The molecular weight excluding hydrogens is 294 g/mol. The van der Waals surface area contributed by atoms with Crippen LogP contribution in [0.5, 0.6) is 0 Å².